The van der Waals surface area contributed by atoms with Gasteiger partial charge < -0.3 is 23.9 Å². The molecule has 37 heavy (non-hydrogen) atoms. The zero-order chi connectivity index (χ0) is 26.4. The van der Waals surface area contributed by atoms with Crippen LogP contribution in [0.2, 0.25) is 0 Å². The van der Waals surface area contributed by atoms with Crippen molar-refractivity contribution in [2.45, 2.75) is 51.1 Å². The molecule has 1 aliphatic rings. The van der Waals surface area contributed by atoms with Gasteiger partial charge in [-0.1, -0.05) is 38.0 Å². The van der Waals surface area contributed by atoms with Crippen LogP contribution in [0.5, 0.6) is 17.2 Å². The Kier molecular flexibility index (Phi) is 8.38. The average Bonchev–Trinajstić information content (AvgIpc) is 3.65. The zero-order valence-electron chi connectivity index (χ0n) is 21.8. The second kappa shape index (κ2) is 11.9. The van der Waals surface area contributed by atoms with Gasteiger partial charge in [0.15, 0.2) is 17.3 Å². The number of rotatable bonds is 10. The monoisotopic (exact) mass is 506 g/mol. The molecule has 0 radical (unpaired) electrons. The van der Waals surface area contributed by atoms with E-state index in [4.69, 9.17) is 18.6 Å². The molecule has 1 aliphatic carbocycles. The summed E-state index contributed by atoms with van der Waals surface area (Å²) in [6.07, 6.45) is 6.06. The number of aryl methyl sites for hydroxylation is 1. The standard InChI is InChI=1S/C29H34N2O6/c1-5-19-11-6-9-14-22(19)31(29(33)23-15-10-16-37-23)26(28(32)30-21-12-7-8-13-21)20-17-24(34-2)27(36-4)25(18-20)35-3/h6,9-11,14-18,21,26H,5,7-8,12-13H2,1-4H3,(H,30,32)/t26-/m1/s1. The Bertz CT molecular complexity index is 1190. The van der Waals surface area contributed by atoms with Crippen LogP contribution in [0.1, 0.15) is 60.3 Å². The first-order valence-electron chi connectivity index (χ1n) is 12.6. The quantitative estimate of drug-likeness (QED) is 0.401. The molecule has 0 spiro atoms. The van der Waals surface area contributed by atoms with E-state index in [9.17, 15) is 9.59 Å². The Balaban J connectivity index is 1.93. The summed E-state index contributed by atoms with van der Waals surface area (Å²) in [7, 11) is 4.56. The number of hydrogen-bond donors (Lipinski definition) is 1. The maximum absolute atomic E-state index is 14.1. The lowest BCUT2D eigenvalue weighted by Gasteiger charge is -2.33. The van der Waals surface area contributed by atoms with E-state index in [1.807, 2.05) is 31.2 Å². The summed E-state index contributed by atoms with van der Waals surface area (Å²) in [5.41, 5.74) is 2.08. The van der Waals surface area contributed by atoms with Gasteiger partial charge in [-0.2, -0.15) is 0 Å². The number of furan rings is 1. The first-order valence-corrected chi connectivity index (χ1v) is 12.6. The van der Waals surface area contributed by atoms with Gasteiger partial charge in [-0.3, -0.25) is 14.5 Å². The van der Waals surface area contributed by atoms with Gasteiger partial charge in [0.25, 0.3) is 5.91 Å². The molecular weight excluding hydrogens is 472 g/mol. The minimum Gasteiger partial charge on any atom is -0.493 e. The Morgan fingerprint density at radius 2 is 1.68 bits per heavy atom. The molecule has 196 valence electrons. The summed E-state index contributed by atoms with van der Waals surface area (Å²) in [6.45, 7) is 2.02. The van der Waals surface area contributed by atoms with Crippen molar-refractivity contribution in [1.29, 1.82) is 0 Å². The minimum absolute atomic E-state index is 0.0547. The molecule has 8 heteroatoms. The van der Waals surface area contributed by atoms with E-state index in [0.717, 1.165) is 31.2 Å². The molecule has 1 saturated carbocycles. The lowest BCUT2D eigenvalue weighted by Crippen LogP contribution is -2.46. The Morgan fingerprint density at radius 1 is 1.00 bits per heavy atom. The summed E-state index contributed by atoms with van der Waals surface area (Å²) in [6, 6.07) is 13.3. The highest BCUT2D eigenvalue weighted by atomic mass is 16.5. The maximum Gasteiger partial charge on any atom is 0.294 e. The van der Waals surface area contributed by atoms with Crippen LogP contribution < -0.4 is 24.4 Å². The number of ether oxygens (including phenoxy) is 3. The van der Waals surface area contributed by atoms with Crippen LogP contribution in [0.15, 0.2) is 59.2 Å². The number of carbonyl (C=O) groups is 2. The predicted octanol–water partition coefficient (Wildman–Crippen LogP) is 5.31. The van der Waals surface area contributed by atoms with Gasteiger partial charge in [0.2, 0.25) is 11.7 Å². The summed E-state index contributed by atoms with van der Waals surface area (Å²) in [5, 5.41) is 3.19. The van der Waals surface area contributed by atoms with Crippen molar-refractivity contribution in [2.75, 3.05) is 26.2 Å². The molecule has 0 saturated heterocycles. The molecule has 3 aromatic rings. The third kappa shape index (κ3) is 5.43. The number of methoxy groups -OCH3 is 3. The van der Waals surface area contributed by atoms with Crippen LogP contribution in [0.25, 0.3) is 0 Å². The molecule has 1 fully saturated rings. The van der Waals surface area contributed by atoms with E-state index >= 15 is 0 Å². The molecule has 1 heterocycles. The highest BCUT2D eigenvalue weighted by molar-refractivity contribution is 6.09. The number of nitrogens with one attached hydrogen (secondary N) is 1. The highest BCUT2D eigenvalue weighted by Gasteiger charge is 2.37. The molecule has 1 N–H and O–H groups in total. The van der Waals surface area contributed by atoms with Gasteiger partial charge in [0.05, 0.1) is 27.6 Å². The van der Waals surface area contributed by atoms with Crippen LogP contribution in [0.4, 0.5) is 5.69 Å². The third-order valence-electron chi connectivity index (χ3n) is 6.79. The number of amides is 2. The van der Waals surface area contributed by atoms with Gasteiger partial charge in [-0.25, -0.2) is 0 Å². The number of hydrogen-bond acceptors (Lipinski definition) is 6. The first-order chi connectivity index (χ1) is 18.0. The van der Waals surface area contributed by atoms with Gasteiger partial charge in [0, 0.05) is 11.7 Å². The zero-order valence-corrected chi connectivity index (χ0v) is 21.8. The number of anilines is 1. The van der Waals surface area contributed by atoms with Crippen molar-refractivity contribution in [3.8, 4) is 17.2 Å². The highest BCUT2D eigenvalue weighted by Crippen LogP contribution is 2.42. The van der Waals surface area contributed by atoms with E-state index < -0.39 is 11.9 Å². The second-order valence-corrected chi connectivity index (χ2v) is 8.99. The number of benzene rings is 2. The van der Waals surface area contributed by atoms with Gasteiger partial charge >= 0.3 is 0 Å². The van der Waals surface area contributed by atoms with E-state index in [-0.39, 0.29) is 17.7 Å². The van der Waals surface area contributed by atoms with Gasteiger partial charge in [-0.05, 0) is 60.7 Å². The molecular formula is C29H34N2O6. The van der Waals surface area contributed by atoms with Crippen molar-refractivity contribution >= 4 is 17.5 Å². The van der Waals surface area contributed by atoms with Crippen LogP contribution in [-0.2, 0) is 11.2 Å². The largest absolute Gasteiger partial charge is 0.493 e. The van der Waals surface area contributed by atoms with Gasteiger partial charge in [0.1, 0.15) is 6.04 Å². The molecule has 8 nitrogen and oxygen atoms in total. The topological polar surface area (TPSA) is 90.2 Å². The normalized spacial score (nSPS) is 14.2. The fourth-order valence-electron chi connectivity index (χ4n) is 4.96. The number of para-hydroxylation sites is 1. The van der Waals surface area contributed by atoms with E-state index in [1.165, 1.54) is 32.5 Å². The van der Waals surface area contributed by atoms with E-state index in [0.29, 0.717) is 34.9 Å². The number of carbonyl (C=O) groups excluding carboxylic acids is 2. The van der Waals surface area contributed by atoms with Crippen molar-refractivity contribution in [1.82, 2.24) is 5.32 Å². The Morgan fingerprint density at radius 3 is 2.24 bits per heavy atom. The second-order valence-electron chi connectivity index (χ2n) is 8.99. The van der Waals surface area contributed by atoms with Crippen molar-refractivity contribution in [3.63, 3.8) is 0 Å². The average molecular weight is 507 g/mol. The summed E-state index contributed by atoms with van der Waals surface area (Å²) < 4.78 is 22.2. The molecule has 2 amide bonds. The summed E-state index contributed by atoms with van der Waals surface area (Å²) in [5.74, 6) is 0.617. The molecule has 0 unspecified atom stereocenters. The van der Waals surface area contributed by atoms with Crippen LogP contribution >= 0.6 is 0 Å². The lowest BCUT2D eigenvalue weighted by atomic mass is 9.99. The number of nitrogens with zero attached hydrogens (tertiary/aromatic N) is 1. The molecule has 1 aromatic heterocycles. The Hall–Kier alpha value is -3.94. The van der Waals surface area contributed by atoms with Crippen molar-refractivity contribution in [2.24, 2.45) is 0 Å². The third-order valence-corrected chi connectivity index (χ3v) is 6.79. The Labute approximate surface area is 217 Å². The van der Waals surface area contributed by atoms with Crippen molar-refractivity contribution in [3.05, 3.63) is 71.7 Å². The minimum atomic E-state index is -1.03. The smallest absolute Gasteiger partial charge is 0.294 e. The summed E-state index contributed by atoms with van der Waals surface area (Å²) >= 11 is 0. The molecule has 1 atom stereocenters. The van der Waals surface area contributed by atoms with Crippen LogP contribution in [-0.4, -0.2) is 39.2 Å². The molecule has 0 aliphatic heterocycles. The van der Waals surface area contributed by atoms with E-state index in [2.05, 4.69) is 5.32 Å². The van der Waals surface area contributed by atoms with E-state index in [1.54, 1.807) is 24.3 Å². The lowest BCUT2D eigenvalue weighted by molar-refractivity contribution is -0.123. The maximum atomic E-state index is 14.1. The predicted molar refractivity (Wildman–Crippen MR) is 141 cm³/mol. The van der Waals surface area contributed by atoms with Crippen LogP contribution in [0.3, 0.4) is 0 Å². The SMILES string of the molecule is CCc1ccccc1N(C(=O)c1ccco1)[C@@H](C(=O)NC1CCCC1)c1cc(OC)c(OC)c(OC)c1. The molecule has 0 bridgehead atoms. The fraction of sp³-hybridized carbons (Fsp3) is 0.379. The molecule has 2 aromatic carbocycles. The first kappa shape index (κ1) is 26.1. The molecule has 4 rings (SSSR count). The van der Waals surface area contributed by atoms with Gasteiger partial charge in [-0.15, -0.1) is 0 Å². The van der Waals surface area contributed by atoms with Crippen LogP contribution in [0, 0.1) is 0 Å². The van der Waals surface area contributed by atoms with Crippen molar-refractivity contribution < 1.29 is 28.2 Å². The summed E-state index contributed by atoms with van der Waals surface area (Å²) in [4.78, 5) is 29.6. The fourth-order valence-corrected chi connectivity index (χ4v) is 4.96.